The van der Waals surface area contributed by atoms with E-state index in [4.69, 9.17) is 0 Å². The molecule has 0 aromatic rings. The third-order valence-corrected chi connectivity index (χ3v) is 1.33. The van der Waals surface area contributed by atoms with Crippen LogP contribution in [-0.4, -0.2) is 11.4 Å². The molecule has 0 rings (SSSR count). The average molecular weight is 145 g/mol. The van der Waals surface area contributed by atoms with E-state index in [1.54, 1.807) is 13.8 Å². The van der Waals surface area contributed by atoms with Gasteiger partial charge in [0.2, 0.25) is 0 Å². The molecule has 0 saturated heterocycles. The van der Waals surface area contributed by atoms with Gasteiger partial charge in [0.15, 0.2) is 11.4 Å². The molecule has 0 saturated carbocycles. The Morgan fingerprint density at radius 3 is 1.90 bits per heavy atom. The summed E-state index contributed by atoms with van der Waals surface area (Å²) in [5, 5.41) is 9.98. The summed E-state index contributed by atoms with van der Waals surface area (Å²) in [6, 6.07) is 0. The summed E-state index contributed by atoms with van der Waals surface area (Å²) in [4.78, 5) is 14.8. The van der Waals surface area contributed by atoms with Gasteiger partial charge in [0, 0.05) is 5.92 Å². The highest BCUT2D eigenvalue weighted by Gasteiger charge is 2.31. The molecule has 0 aromatic heterocycles. The van der Waals surface area contributed by atoms with Crippen LogP contribution in [0.2, 0.25) is 0 Å². The normalized spacial score (nSPS) is 12.2. The Morgan fingerprint density at radius 2 is 1.80 bits per heavy atom. The van der Waals surface area contributed by atoms with Crippen LogP contribution in [0.4, 0.5) is 0 Å². The van der Waals surface area contributed by atoms with E-state index in [1.807, 2.05) is 0 Å². The van der Waals surface area contributed by atoms with Crippen molar-refractivity contribution in [1.29, 1.82) is 0 Å². The molecule has 0 spiro atoms. The van der Waals surface area contributed by atoms with E-state index in [2.05, 4.69) is 4.89 Å². The van der Waals surface area contributed by atoms with Crippen LogP contribution < -0.4 is 0 Å². The topological polar surface area (TPSA) is 46.2 Å². The van der Waals surface area contributed by atoms with E-state index in [1.165, 1.54) is 13.8 Å². The van der Waals surface area contributed by atoms with Crippen molar-refractivity contribution in [3.05, 3.63) is 0 Å². The molecule has 0 aliphatic rings. The van der Waals surface area contributed by atoms with Crippen LogP contribution in [0.1, 0.15) is 27.7 Å². The highest BCUT2D eigenvalue weighted by atomic mass is 17.1. The van der Waals surface area contributed by atoms with Crippen LogP contribution >= 0.6 is 0 Å². The van der Waals surface area contributed by atoms with E-state index >= 15 is 0 Å². The fourth-order valence-corrected chi connectivity index (χ4v) is 0.736. The molecule has 59 valence electrons. The molecule has 1 radical (unpaired) electrons. The smallest absolute Gasteiger partial charge is 0.170 e. The molecule has 3 nitrogen and oxygen atoms in total. The molecule has 0 aliphatic carbocycles. The lowest BCUT2D eigenvalue weighted by molar-refractivity contribution is -0.353. The second-order valence-corrected chi connectivity index (χ2v) is 3.11. The minimum Gasteiger partial charge on any atom is -0.296 e. The predicted molar refractivity (Wildman–Crippen MR) is 35.7 cm³/mol. The van der Waals surface area contributed by atoms with Crippen molar-refractivity contribution >= 4 is 5.78 Å². The third kappa shape index (κ3) is 2.08. The summed E-state index contributed by atoms with van der Waals surface area (Å²) in [5.74, 6) is -0.313. The van der Waals surface area contributed by atoms with Gasteiger partial charge in [-0.25, -0.2) is 0 Å². The van der Waals surface area contributed by atoms with Crippen LogP contribution in [0.15, 0.2) is 0 Å². The summed E-state index contributed by atoms with van der Waals surface area (Å²) in [7, 11) is 0. The van der Waals surface area contributed by atoms with Crippen molar-refractivity contribution < 1.29 is 14.9 Å². The second kappa shape index (κ2) is 3.12. The van der Waals surface area contributed by atoms with Crippen molar-refractivity contribution in [3.63, 3.8) is 0 Å². The molecule has 3 heteroatoms. The molecule has 0 unspecified atom stereocenters. The Bertz CT molecular complexity index is 127. The summed E-state index contributed by atoms with van der Waals surface area (Å²) in [6.45, 7) is 6.43. The highest BCUT2D eigenvalue weighted by molar-refractivity contribution is 5.87. The second-order valence-electron chi connectivity index (χ2n) is 3.11. The monoisotopic (exact) mass is 145 g/mol. The number of ketones is 1. The maximum atomic E-state index is 11.1. The molecular weight excluding hydrogens is 132 g/mol. The van der Waals surface area contributed by atoms with Crippen LogP contribution in [-0.2, 0) is 14.9 Å². The summed E-state index contributed by atoms with van der Waals surface area (Å²) < 4.78 is 0. The molecule has 0 amide bonds. The zero-order valence-electron chi connectivity index (χ0n) is 6.80. The first-order valence-corrected chi connectivity index (χ1v) is 3.27. The van der Waals surface area contributed by atoms with Crippen molar-refractivity contribution in [3.8, 4) is 0 Å². The zero-order chi connectivity index (χ0) is 8.36. The lowest BCUT2D eigenvalue weighted by atomic mass is 9.95. The first kappa shape index (κ1) is 9.59. The van der Waals surface area contributed by atoms with Gasteiger partial charge in [-0.1, -0.05) is 13.8 Å². The number of carbonyl (C=O) groups excluding carboxylic acids is 1. The number of rotatable bonds is 3. The first-order valence-electron chi connectivity index (χ1n) is 3.27. The molecule has 0 aliphatic heterocycles. The molecule has 0 bridgehead atoms. The maximum absolute atomic E-state index is 11.1. The van der Waals surface area contributed by atoms with Gasteiger partial charge in [-0.15, -0.1) is 0 Å². The van der Waals surface area contributed by atoms with E-state index in [9.17, 15) is 10.1 Å². The molecule has 0 aromatic carbocycles. The molecule has 0 fully saturated rings. The van der Waals surface area contributed by atoms with Crippen LogP contribution in [0, 0.1) is 5.92 Å². The largest absolute Gasteiger partial charge is 0.296 e. The lowest BCUT2D eigenvalue weighted by Crippen LogP contribution is -2.36. The predicted octanol–water partition coefficient (Wildman–Crippen LogP) is 1.35. The van der Waals surface area contributed by atoms with Crippen molar-refractivity contribution in [2.45, 2.75) is 33.3 Å². The van der Waals surface area contributed by atoms with Gasteiger partial charge in [0.1, 0.15) is 0 Å². The summed E-state index contributed by atoms with van der Waals surface area (Å²) >= 11 is 0. The molecular formula is C7H13O3. The number of carbonyl (C=O) groups is 1. The van der Waals surface area contributed by atoms with E-state index in [0.29, 0.717) is 0 Å². The van der Waals surface area contributed by atoms with Gasteiger partial charge in [0.05, 0.1) is 0 Å². The number of hydrogen-bond donors (Lipinski definition) is 0. The third-order valence-electron chi connectivity index (χ3n) is 1.33. The molecule has 0 heterocycles. The number of Topliss-reactive ketones (excluding diaryl/α,β-unsaturated/α-hetero) is 1. The van der Waals surface area contributed by atoms with Gasteiger partial charge >= 0.3 is 0 Å². The van der Waals surface area contributed by atoms with Gasteiger partial charge < -0.3 is 0 Å². The Kier molecular flexibility index (Phi) is 2.99. The highest BCUT2D eigenvalue weighted by Crippen LogP contribution is 2.14. The summed E-state index contributed by atoms with van der Waals surface area (Å²) in [6.07, 6.45) is 0. The van der Waals surface area contributed by atoms with Crippen molar-refractivity contribution in [2.75, 3.05) is 0 Å². The van der Waals surface area contributed by atoms with Gasteiger partial charge in [0.25, 0.3) is 0 Å². The Labute approximate surface area is 60.9 Å². The Hall–Kier alpha value is -0.410. The van der Waals surface area contributed by atoms with Crippen molar-refractivity contribution in [1.82, 2.24) is 0 Å². The fraction of sp³-hybridized carbons (Fsp3) is 0.857. The SMILES string of the molecule is CC(C)C(=O)C(C)(C)O[O]. The number of hydrogen-bond acceptors (Lipinski definition) is 2. The summed E-state index contributed by atoms with van der Waals surface area (Å²) in [5.41, 5.74) is -1.17. The standard InChI is InChI=1S/C7H13O3/c1-5(2)6(8)7(3,4)10-9/h5H,1-4H3. The van der Waals surface area contributed by atoms with Gasteiger partial charge in [-0.2, -0.15) is 4.89 Å². The molecule has 0 N–H and O–H groups in total. The fourth-order valence-electron chi connectivity index (χ4n) is 0.736. The van der Waals surface area contributed by atoms with Gasteiger partial charge in [-0.05, 0) is 19.1 Å². The van der Waals surface area contributed by atoms with Crippen LogP contribution in [0.25, 0.3) is 0 Å². The van der Waals surface area contributed by atoms with E-state index in [-0.39, 0.29) is 11.7 Å². The Morgan fingerprint density at radius 1 is 1.40 bits per heavy atom. The lowest BCUT2D eigenvalue weighted by Gasteiger charge is -2.19. The Balaban J connectivity index is 4.19. The molecule has 10 heavy (non-hydrogen) atoms. The molecule has 0 atom stereocenters. The minimum absolute atomic E-state index is 0.149. The zero-order valence-corrected chi connectivity index (χ0v) is 6.80. The van der Waals surface area contributed by atoms with E-state index < -0.39 is 5.60 Å². The first-order chi connectivity index (χ1) is 4.41. The van der Waals surface area contributed by atoms with Crippen LogP contribution in [0.5, 0.6) is 0 Å². The van der Waals surface area contributed by atoms with E-state index in [0.717, 1.165) is 0 Å². The van der Waals surface area contributed by atoms with Crippen LogP contribution in [0.3, 0.4) is 0 Å². The maximum Gasteiger partial charge on any atom is 0.170 e. The minimum atomic E-state index is -1.17. The average Bonchev–Trinajstić information content (AvgIpc) is 1.86. The van der Waals surface area contributed by atoms with Crippen molar-refractivity contribution in [2.24, 2.45) is 5.92 Å². The quantitative estimate of drug-likeness (QED) is 0.444. The van der Waals surface area contributed by atoms with Gasteiger partial charge in [-0.3, -0.25) is 4.79 Å².